The quantitative estimate of drug-likeness (QED) is 0.613. The molecule has 2 bridgehead atoms. The van der Waals surface area contributed by atoms with Crippen molar-refractivity contribution in [2.45, 2.75) is 37.8 Å². The molecule has 1 aromatic carbocycles. The van der Waals surface area contributed by atoms with Gasteiger partial charge in [-0.1, -0.05) is 24.4 Å². The number of ether oxygens (including phenoxy) is 1. The Morgan fingerprint density at radius 3 is 2.05 bits per heavy atom. The molecule has 0 unspecified atom stereocenters. The molecule has 4 heteroatoms. The Morgan fingerprint density at radius 1 is 1.11 bits per heavy atom. The summed E-state index contributed by atoms with van der Waals surface area (Å²) >= 11 is 5.62. The number of methoxy groups -OCH3 is 1. The Kier molecular flexibility index (Phi) is 3.27. The summed E-state index contributed by atoms with van der Waals surface area (Å²) in [7, 11) is 1.39. The van der Waals surface area contributed by atoms with Gasteiger partial charge in [0.15, 0.2) is 0 Å². The van der Waals surface area contributed by atoms with Crippen LogP contribution in [0.25, 0.3) is 0 Å². The molecular formula is C15H17NO2S. The zero-order valence-corrected chi connectivity index (χ0v) is 11.8. The molecule has 19 heavy (non-hydrogen) atoms. The van der Waals surface area contributed by atoms with Crippen LogP contribution in [0.2, 0.25) is 0 Å². The summed E-state index contributed by atoms with van der Waals surface area (Å²) in [5, 5.41) is 0. The molecule has 3 nitrogen and oxygen atoms in total. The van der Waals surface area contributed by atoms with Gasteiger partial charge < -0.3 is 9.64 Å². The lowest BCUT2D eigenvalue weighted by Crippen LogP contribution is -2.34. The Bertz CT molecular complexity index is 491. The van der Waals surface area contributed by atoms with Gasteiger partial charge in [-0.25, -0.2) is 4.79 Å². The van der Waals surface area contributed by atoms with Gasteiger partial charge in [0.25, 0.3) is 0 Å². The van der Waals surface area contributed by atoms with E-state index in [1.165, 1.54) is 32.8 Å². The molecule has 100 valence electrons. The van der Waals surface area contributed by atoms with Gasteiger partial charge >= 0.3 is 5.97 Å². The number of fused-ring (bicyclic) bond motifs is 2. The number of thiocarbonyl (C=S) groups is 1. The first kappa shape index (κ1) is 12.6. The standard InChI is InChI=1S/C15H17NO2S/c1-18-15(17)11-4-2-10(3-5-11)14(19)16-12-6-7-13(16)9-8-12/h2-5,12-13H,6-9H2,1H3. The van der Waals surface area contributed by atoms with E-state index in [4.69, 9.17) is 17.0 Å². The number of carbonyl (C=O) groups is 1. The molecule has 2 aliphatic rings. The number of hydrogen-bond acceptors (Lipinski definition) is 3. The van der Waals surface area contributed by atoms with Gasteiger partial charge in [0.05, 0.1) is 12.7 Å². The third-order valence-corrected chi connectivity index (χ3v) is 4.69. The summed E-state index contributed by atoms with van der Waals surface area (Å²) in [6.07, 6.45) is 5.08. The number of rotatable bonds is 2. The fourth-order valence-electron chi connectivity index (χ4n) is 3.26. The van der Waals surface area contributed by atoms with Crippen molar-refractivity contribution < 1.29 is 9.53 Å². The van der Waals surface area contributed by atoms with Crippen molar-refractivity contribution in [3.8, 4) is 0 Å². The van der Waals surface area contributed by atoms with Gasteiger partial charge in [0.2, 0.25) is 0 Å². The molecule has 2 heterocycles. The lowest BCUT2D eigenvalue weighted by molar-refractivity contribution is 0.0600. The van der Waals surface area contributed by atoms with Crippen molar-refractivity contribution in [1.29, 1.82) is 0 Å². The fourth-order valence-corrected chi connectivity index (χ4v) is 3.69. The Labute approximate surface area is 118 Å². The highest BCUT2D eigenvalue weighted by atomic mass is 32.1. The van der Waals surface area contributed by atoms with Crippen molar-refractivity contribution in [3.05, 3.63) is 35.4 Å². The molecule has 1 aromatic rings. The topological polar surface area (TPSA) is 29.5 Å². The van der Waals surface area contributed by atoms with Crippen LogP contribution < -0.4 is 0 Å². The van der Waals surface area contributed by atoms with Gasteiger partial charge in [-0.3, -0.25) is 0 Å². The predicted molar refractivity (Wildman–Crippen MR) is 77.4 cm³/mol. The van der Waals surface area contributed by atoms with E-state index >= 15 is 0 Å². The zero-order valence-electron chi connectivity index (χ0n) is 11.0. The number of carbonyl (C=O) groups excluding carboxylic acids is 1. The molecule has 3 rings (SSSR count). The monoisotopic (exact) mass is 275 g/mol. The van der Waals surface area contributed by atoms with Crippen molar-refractivity contribution in [3.63, 3.8) is 0 Å². The van der Waals surface area contributed by atoms with Crippen LogP contribution >= 0.6 is 12.2 Å². The molecule has 0 amide bonds. The molecule has 0 spiro atoms. The van der Waals surface area contributed by atoms with Gasteiger partial charge in [-0.2, -0.15) is 0 Å². The highest BCUT2D eigenvalue weighted by molar-refractivity contribution is 7.80. The zero-order chi connectivity index (χ0) is 13.4. The molecular weight excluding hydrogens is 258 g/mol. The summed E-state index contributed by atoms with van der Waals surface area (Å²) in [5.74, 6) is -0.307. The Balaban J connectivity index is 1.79. The van der Waals surface area contributed by atoms with Crippen LogP contribution in [0, 0.1) is 0 Å². The van der Waals surface area contributed by atoms with Crippen molar-refractivity contribution in [1.82, 2.24) is 4.90 Å². The largest absolute Gasteiger partial charge is 0.465 e. The summed E-state index contributed by atoms with van der Waals surface area (Å²) in [4.78, 5) is 14.7. The van der Waals surface area contributed by atoms with Crippen LogP contribution in [0.3, 0.4) is 0 Å². The number of hydrogen-bond donors (Lipinski definition) is 0. The average Bonchev–Trinajstić information content (AvgIpc) is 3.06. The number of nitrogens with zero attached hydrogens (tertiary/aromatic N) is 1. The van der Waals surface area contributed by atoms with E-state index in [0.717, 1.165) is 10.6 Å². The number of benzene rings is 1. The minimum Gasteiger partial charge on any atom is -0.465 e. The van der Waals surface area contributed by atoms with Crippen LogP contribution in [0.1, 0.15) is 41.6 Å². The molecule has 0 aliphatic carbocycles. The van der Waals surface area contributed by atoms with Gasteiger partial charge in [0.1, 0.15) is 4.99 Å². The van der Waals surface area contributed by atoms with Gasteiger partial charge in [-0.15, -0.1) is 0 Å². The van der Waals surface area contributed by atoms with Crippen molar-refractivity contribution in [2.75, 3.05) is 7.11 Å². The van der Waals surface area contributed by atoms with E-state index in [0.29, 0.717) is 17.6 Å². The lowest BCUT2D eigenvalue weighted by Gasteiger charge is -2.25. The minimum atomic E-state index is -0.307. The van der Waals surface area contributed by atoms with Gasteiger partial charge in [0, 0.05) is 17.6 Å². The second kappa shape index (κ2) is 4.93. The van der Waals surface area contributed by atoms with E-state index in [9.17, 15) is 4.79 Å². The maximum absolute atomic E-state index is 11.4. The smallest absolute Gasteiger partial charge is 0.337 e. The predicted octanol–water partition coefficient (Wildman–Crippen LogP) is 2.78. The van der Waals surface area contributed by atoms with Gasteiger partial charge in [-0.05, 0) is 37.8 Å². The molecule has 0 saturated carbocycles. The highest BCUT2D eigenvalue weighted by Crippen LogP contribution is 2.38. The van der Waals surface area contributed by atoms with E-state index in [1.54, 1.807) is 12.1 Å². The third kappa shape index (κ3) is 2.14. The molecule has 0 atom stereocenters. The van der Waals surface area contributed by atoms with E-state index in [1.807, 2.05) is 12.1 Å². The normalized spacial score (nSPS) is 24.6. The first-order valence-corrected chi connectivity index (χ1v) is 7.12. The second-order valence-electron chi connectivity index (χ2n) is 5.24. The minimum absolute atomic E-state index is 0.307. The van der Waals surface area contributed by atoms with Crippen LogP contribution in [0.15, 0.2) is 24.3 Å². The molecule has 0 radical (unpaired) electrons. The van der Waals surface area contributed by atoms with Crippen molar-refractivity contribution >= 4 is 23.2 Å². The first-order chi connectivity index (χ1) is 9.20. The molecule has 0 aromatic heterocycles. The molecule has 2 aliphatic heterocycles. The maximum Gasteiger partial charge on any atom is 0.337 e. The Morgan fingerprint density at radius 2 is 1.58 bits per heavy atom. The summed E-state index contributed by atoms with van der Waals surface area (Å²) in [6.45, 7) is 0. The lowest BCUT2D eigenvalue weighted by atomic mass is 10.0. The first-order valence-electron chi connectivity index (χ1n) is 6.71. The van der Waals surface area contributed by atoms with Crippen LogP contribution in [0.5, 0.6) is 0 Å². The Hall–Kier alpha value is -1.42. The third-order valence-electron chi connectivity index (χ3n) is 4.24. The SMILES string of the molecule is COC(=O)c1ccc(C(=S)N2C3CCC2CC3)cc1. The second-order valence-corrected chi connectivity index (χ2v) is 5.63. The average molecular weight is 275 g/mol. The molecule has 2 saturated heterocycles. The van der Waals surface area contributed by atoms with Crippen molar-refractivity contribution in [2.24, 2.45) is 0 Å². The summed E-state index contributed by atoms with van der Waals surface area (Å²) in [5.41, 5.74) is 1.60. The van der Waals surface area contributed by atoms with Crippen LogP contribution in [0.4, 0.5) is 0 Å². The van der Waals surface area contributed by atoms with E-state index in [2.05, 4.69) is 4.90 Å². The number of esters is 1. The molecule has 0 N–H and O–H groups in total. The summed E-state index contributed by atoms with van der Waals surface area (Å²) in [6, 6.07) is 8.69. The molecule has 2 fully saturated rings. The maximum atomic E-state index is 11.4. The fraction of sp³-hybridized carbons (Fsp3) is 0.467. The highest BCUT2D eigenvalue weighted by Gasteiger charge is 2.40. The van der Waals surface area contributed by atoms with E-state index in [-0.39, 0.29) is 5.97 Å². The summed E-state index contributed by atoms with van der Waals surface area (Å²) < 4.78 is 4.70. The van der Waals surface area contributed by atoms with Crippen LogP contribution in [-0.2, 0) is 4.74 Å². The van der Waals surface area contributed by atoms with Crippen LogP contribution in [-0.4, -0.2) is 35.1 Å². The van der Waals surface area contributed by atoms with E-state index < -0.39 is 0 Å².